The molecule has 3 aromatic carbocycles. The van der Waals surface area contributed by atoms with Crippen LogP contribution in [0.2, 0.25) is 0 Å². The van der Waals surface area contributed by atoms with Gasteiger partial charge in [0.1, 0.15) is 0 Å². The Labute approximate surface area is 124 Å². The van der Waals surface area contributed by atoms with Crippen molar-refractivity contribution in [3.63, 3.8) is 0 Å². The summed E-state index contributed by atoms with van der Waals surface area (Å²) < 4.78 is 0. The first-order valence-corrected chi connectivity index (χ1v) is 7.18. The molecular weight excluding hydrogens is 256 g/mol. The van der Waals surface area contributed by atoms with E-state index in [2.05, 4.69) is 83.6 Å². The van der Waals surface area contributed by atoms with Crippen molar-refractivity contribution in [1.29, 1.82) is 0 Å². The molecule has 3 aromatic rings. The summed E-state index contributed by atoms with van der Waals surface area (Å²) in [5.74, 6) is 0. The van der Waals surface area contributed by atoms with E-state index in [-0.39, 0.29) is 6.04 Å². The zero-order valence-corrected chi connectivity index (χ0v) is 11.6. The van der Waals surface area contributed by atoms with Crippen LogP contribution in [0.25, 0.3) is 11.1 Å². The van der Waals surface area contributed by atoms with Crippen molar-refractivity contribution in [1.82, 2.24) is 5.43 Å². The number of benzene rings is 3. The minimum atomic E-state index is 0.199. The Bertz CT molecular complexity index is 765. The second-order valence-corrected chi connectivity index (χ2v) is 5.28. The lowest BCUT2D eigenvalue weighted by Crippen LogP contribution is -2.19. The Hall–Kier alpha value is -2.58. The van der Waals surface area contributed by atoms with E-state index in [1.165, 1.54) is 22.3 Å². The molecule has 0 amide bonds. The van der Waals surface area contributed by atoms with Crippen LogP contribution in [0.5, 0.6) is 0 Å². The van der Waals surface area contributed by atoms with Gasteiger partial charge >= 0.3 is 0 Å². The van der Waals surface area contributed by atoms with E-state index >= 15 is 0 Å². The molecule has 2 N–H and O–H groups in total. The van der Waals surface area contributed by atoms with Gasteiger partial charge in [-0.1, -0.05) is 66.7 Å². The van der Waals surface area contributed by atoms with Crippen LogP contribution in [0.1, 0.15) is 17.2 Å². The third-order valence-electron chi connectivity index (χ3n) is 3.95. The highest BCUT2D eigenvalue weighted by molar-refractivity contribution is 5.66. The van der Waals surface area contributed by atoms with Crippen LogP contribution < -0.4 is 10.9 Å². The second kappa shape index (κ2) is 5.08. The minimum Gasteiger partial charge on any atom is -0.320 e. The highest BCUT2D eigenvalue weighted by Gasteiger charge is 2.22. The number of anilines is 1. The van der Waals surface area contributed by atoms with Crippen LogP contribution in [-0.2, 0) is 0 Å². The van der Waals surface area contributed by atoms with E-state index in [0.29, 0.717) is 0 Å². The van der Waals surface area contributed by atoms with Crippen molar-refractivity contribution in [3.05, 3.63) is 90.0 Å². The Morgan fingerprint density at radius 2 is 1.43 bits per heavy atom. The monoisotopic (exact) mass is 272 g/mol. The predicted octanol–water partition coefficient (Wildman–Crippen LogP) is 4.37. The van der Waals surface area contributed by atoms with Gasteiger partial charge in [0.15, 0.2) is 0 Å². The Morgan fingerprint density at radius 1 is 0.667 bits per heavy atom. The second-order valence-electron chi connectivity index (χ2n) is 5.28. The number of hydrazine groups is 1. The molecule has 0 saturated carbocycles. The smallest absolute Gasteiger partial charge is 0.0780 e. The molecule has 2 nitrogen and oxygen atoms in total. The third-order valence-corrected chi connectivity index (χ3v) is 3.95. The lowest BCUT2D eigenvalue weighted by Gasteiger charge is -2.13. The van der Waals surface area contributed by atoms with Gasteiger partial charge in [-0.3, -0.25) is 0 Å². The predicted molar refractivity (Wildman–Crippen MR) is 86.9 cm³/mol. The maximum atomic E-state index is 3.37. The first kappa shape index (κ1) is 12.2. The van der Waals surface area contributed by atoms with Crippen molar-refractivity contribution >= 4 is 5.69 Å². The summed E-state index contributed by atoms with van der Waals surface area (Å²) in [5.41, 5.74) is 12.8. The molecule has 0 radical (unpaired) electrons. The van der Waals surface area contributed by atoms with E-state index in [4.69, 9.17) is 0 Å². The largest absolute Gasteiger partial charge is 0.320 e. The molecule has 1 aliphatic heterocycles. The normalized spacial score (nSPS) is 16.3. The first-order valence-electron chi connectivity index (χ1n) is 7.18. The van der Waals surface area contributed by atoms with Gasteiger partial charge in [-0.15, -0.1) is 0 Å². The molecule has 0 bridgehead atoms. The van der Waals surface area contributed by atoms with Crippen LogP contribution in [0.3, 0.4) is 0 Å². The fourth-order valence-corrected chi connectivity index (χ4v) is 2.88. The molecule has 21 heavy (non-hydrogen) atoms. The number of hydrogen-bond acceptors (Lipinski definition) is 2. The number of fused-ring (bicyclic) bond motifs is 1. The fourth-order valence-electron chi connectivity index (χ4n) is 2.88. The van der Waals surface area contributed by atoms with Gasteiger partial charge in [0.05, 0.1) is 11.7 Å². The van der Waals surface area contributed by atoms with Crippen LogP contribution in [-0.4, -0.2) is 0 Å². The molecule has 102 valence electrons. The van der Waals surface area contributed by atoms with Gasteiger partial charge in [0.2, 0.25) is 0 Å². The van der Waals surface area contributed by atoms with Crippen molar-refractivity contribution in [2.24, 2.45) is 0 Å². The van der Waals surface area contributed by atoms with Crippen molar-refractivity contribution in [3.8, 4) is 11.1 Å². The summed E-state index contributed by atoms with van der Waals surface area (Å²) >= 11 is 0. The molecule has 0 aromatic heterocycles. The van der Waals surface area contributed by atoms with Crippen LogP contribution in [0.4, 0.5) is 5.69 Å². The van der Waals surface area contributed by atoms with Crippen molar-refractivity contribution in [2.45, 2.75) is 6.04 Å². The zero-order chi connectivity index (χ0) is 14.1. The molecule has 0 saturated heterocycles. The molecular formula is C19H16N2. The number of rotatable bonds is 2. The Balaban J connectivity index is 1.75. The molecule has 0 aliphatic carbocycles. The highest BCUT2D eigenvalue weighted by atomic mass is 15.4. The van der Waals surface area contributed by atoms with Gasteiger partial charge in [-0.25, -0.2) is 5.43 Å². The lowest BCUT2D eigenvalue weighted by atomic mass is 9.96. The topological polar surface area (TPSA) is 24.1 Å². The number of nitrogens with one attached hydrogen (secondary N) is 2. The summed E-state index contributed by atoms with van der Waals surface area (Å²) in [6, 6.07) is 27.8. The average Bonchev–Trinajstić information content (AvgIpc) is 3.00. The quantitative estimate of drug-likeness (QED) is 0.723. The summed E-state index contributed by atoms with van der Waals surface area (Å²) in [4.78, 5) is 0. The van der Waals surface area contributed by atoms with E-state index in [9.17, 15) is 0 Å². The Morgan fingerprint density at radius 3 is 2.33 bits per heavy atom. The lowest BCUT2D eigenvalue weighted by molar-refractivity contribution is 0.729. The average molecular weight is 272 g/mol. The molecule has 1 aliphatic rings. The van der Waals surface area contributed by atoms with Gasteiger partial charge in [-0.2, -0.15) is 0 Å². The number of hydrogen-bond donors (Lipinski definition) is 2. The van der Waals surface area contributed by atoms with Crippen LogP contribution in [0, 0.1) is 0 Å². The molecule has 2 heteroatoms. The summed E-state index contributed by atoms with van der Waals surface area (Å²) in [5, 5.41) is 0. The standard InChI is InChI=1S/C19H16N2/c1-2-7-14(8-3-1)15-9-6-10-16(13-15)19-17-11-4-5-12-18(17)20-21-19/h1-13,19-21H. The maximum absolute atomic E-state index is 3.37. The van der Waals surface area contributed by atoms with Gasteiger partial charge in [0, 0.05) is 0 Å². The maximum Gasteiger partial charge on any atom is 0.0780 e. The van der Waals surface area contributed by atoms with Gasteiger partial charge < -0.3 is 5.43 Å². The third kappa shape index (κ3) is 2.20. The van der Waals surface area contributed by atoms with E-state index in [1.807, 2.05) is 6.07 Å². The van der Waals surface area contributed by atoms with Gasteiger partial charge in [0.25, 0.3) is 0 Å². The molecule has 1 atom stereocenters. The van der Waals surface area contributed by atoms with E-state index < -0.39 is 0 Å². The van der Waals surface area contributed by atoms with E-state index in [1.54, 1.807) is 0 Å². The van der Waals surface area contributed by atoms with Crippen LogP contribution >= 0.6 is 0 Å². The summed E-state index contributed by atoms with van der Waals surface area (Å²) in [7, 11) is 0. The molecule has 0 spiro atoms. The minimum absolute atomic E-state index is 0.199. The van der Waals surface area contributed by atoms with Gasteiger partial charge in [-0.05, 0) is 34.4 Å². The SMILES string of the molecule is c1ccc(-c2cccc(C3NNc4ccccc43)c2)cc1. The van der Waals surface area contributed by atoms with E-state index in [0.717, 1.165) is 5.69 Å². The highest BCUT2D eigenvalue weighted by Crippen LogP contribution is 2.34. The Kier molecular flexibility index (Phi) is 2.94. The molecule has 0 fully saturated rings. The van der Waals surface area contributed by atoms with Crippen LogP contribution in [0.15, 0.2) is 78.9 Å². The molecule has 1 heterocycles. The first-order chi connectivity index (χ1) is 10.4. The molecule has 1 unspecified atom stereocenters. The number of para-hydroxylation sites is 1. The molecule has 4 rings (SSSR count). The van der Waals surface area contributed by atoms with Crippen molar-refractivity contribution < 1.29 is 0 Å². The summed E-state index contributed by atoms with van der Waals surface area (Å²) in [6.45, 7) is 0. The fraction of sp³-hybridized carbons (Fsp3) is 0.0526. The summed E-state index contributed by atoms with van der Waals surface area (Å²) in [6.07, 6.45) is 0. The zero-order valence-electron chi connectivity index (χ0n) is 11.6. The van der Waals surface area contributed by atoms with Crippen molar-refractivity contribution in [2.75, 3.05) is 5.43 Å².